The second-order valence-electron chi connectivity index (χ2n) is 4.65. The molecule has 0 amide bonds. The largest absolute Gasteiger partial charge is 0.497 e. The molecule has 0 unspecified atom stereocenters. The van der Waals surface area contributed by atoms with Gasteiger partial charge in [0.1, 0.15) is 11.6 Å². The lowest BCUT2D eigenvalue weighted by molar-refractivity contribution is 0.415. The summed E-state index contributed by atoms with van der Waals surface area (Å²) in [5.74, 6) is 1.48. The van der Waals surface area contributed by atoms with E-state index in [2.05, 4.69) is 17.0 Å². The number of aromatic amines is 1. The Morgan fingerprint density at radius 2 is 2.11 bits per heavy atom. The molecule has 0 atom stereocenters. The predicted molar refractivity (Wildman–Crippen MR) is 76.2 cm³/mol. The van der Waals surface area contributed by atoms with Crippen molar-refractivity contribution in [2.24, 2.45) is 7.05 Å². The maximum atomic E-state index is 5.84. The fourth-order valence-electron chi connectivity index (χ4n) is 2.32. The lowest BCUT2D eigenvalue weighted by atomic mass is 10.1. The third kappa shape index (κ3) is 1.74. The van der Waals surface area contributed by atoms with Crippen LogP contribution in [0.2, 0.25) is 0 Å². The van der Waals surface area contributed by atoms with Gasteiger partial charge >= 0.3 is 0 Å². The minimum Gasteiger partial charge on any atom is -0.497 e. The van der Waals surface area contributed by atoms with Crippen LogP contribution in [0.25, 0.3) is 22.2 Å². The molecule has 1 aromatic carbocycles. The minimum atomic E-state index is 0.643. The summed E-state index contributed by atoms with van der Waals surface area (Å²) in [5, 5.41) is 5.51. The number of rotatable bonds is 2. The molecule has 5 nitrogen and oxygen atoms in total. The lowest BCUT2D eigenvalue weighted by Gasteiger charge is -2.03. The van der Waals surface area contributed by atoms with Gasteiger partial charge in [-0.1, -0.05) is 0 Å². The molecule has 19 heavy (non-hydrogen) atoms. The van der Waals surface area contributed by atoms with Crippen molar-refractivity contribution in [1.29, 1.82) is 0 Å². The number of anilines is 1. The number of nitrogens with one attached hydrogen (secondary N) is 1. The summed E-state index contributed by atoms with van der Waals surface area (Å²) in [7, 11) is 3.51. The Hall–Kier alpha value is -2.43. The monoisotopic (exact) mass is 256 g/mol. The smallest absolute Gasteiger partial charge is 0.121 e. The molecule has 2 heterocycles. The van der Waals surface area contributed by atoms with E-state index in [0.29, 0.717) is 5.82 Å². The molecule has 0 radical (unpaired) electrons. The number of aryl methyl sites for hydroxylation is 2. The van der Waals surface area contributed by atoms with Crippen molar-refractivity contribution in [2.45, 2.75) is 6.92 Å². The van der Waals surface area contributed by atoms with E-state index in [1.165, 1.54) is 0 Å². The second-order valence-corrected chi connectivity index (χ2v) is 4.65. The van der Waals surface area contributed by atoms with Crippen molar-refractivity contribution in [3.8, 4) is 17.0 Å². The topological polar surface area (TPSA) is 68.9 Å². The first-order valence-corrected chi connectivity index (χ1v) is 6.05. The molecule has 2 aromatic heterocycles. The molecular formula is C14H16N4O. The molecule has 3 aromatic rings. The number of H-pyrrole nitrogens is 1. The minimum absolute atomic E-state index is 0.643. The Morgan fingerprint density at radius 1 is 1.32 bits per heavy atom. The Labute approximate surface area is 111 Å². The Morgan fingerprint density at radius 3 is 2.74 bits per heavy atom. The predicted octanol–water partition coefficient (Wildman–Crippen LogP) is 2.47. The van der Waals surface area contributed by atoms with Crippen LogP contribution in [0.3, 0.4) is 0 Å². The third-order valence-corrected chi connectivity index (χ3v) is 3.39. The molecule has 0 fully saturated rings. The first-order valence-electron chi connectivity index (χ1n) is 6.05. The van der Waals surface area contributed by atoms with Crippen molar-refractivity contribution < 1.29 is 4.74 Å². The Balaban J connectivity index is 2.27. The number of nitrogen functional groups attached to an aromatic ring is 1. The van der Waals surface area contributed by atoms with E-state index in [9.17, 15) is 0 Å². The summed E-state index contributed by atoms with van der Waals surface area (Å²) >= 11 is 0. The van der Waals surface area contributed by atoms with Crippen LogP contribution < -0.4 is 10.5 Å². The quantitative estimate of drug-likeness (QED) is 0.740. The van der Waals surface area contributed by atoms with Crippen LogP contribution in [0.4, 0.5) is 5.82 Å². The van der Waals surface area contributed by atoms with E-state index >= 15 is 0 Å². The highest BCUT2D eigenvalue weighted by Gasteiger charge is 2.13. The summed E-state index contributed by atoms with van der Waals surface area (Å²) < 4.78 is 7.00. The average Bonchev–Trinajstić information content (AvgIpc) is 2.94. The van der Waals surface area contributed by atoms with Gasteiger partial charge in [-0.2, -0.15) is 5.10 Å². The first-order chi connectivity index (χ1) is 9.10. The average molecular weight is 256 g/mol. The maximum Gasteiger partial charge on any atom is 0.121 e. The summed E-state index contributed by atoms with van der Waals surface area (Å²) in [6, 6.07) is 5.89. The molecule has 0 saturated heterocycles. The van der Waals surface area contributed by atoms with Gasteiger partial charge in [-0.3, -0.25) is 4.68 Å². The Kier molecular flexibility index (Phi) is 2.48. The van der Waals surface area contributed by atoms with E-state index in [0.717, 1.165) is 33.5 Å². The number of nitrogens with two attached hydrogens (primary N) is 1. The number of methoxy groups -OCH3 is 1. The first kappa shape index (κ1) is 11.6. The summed E-state index contributed by atoms with van der Waals surface area (Å²) in [6.07, 6.45) is 1.96. The lowest BCUT2D eigenvalue weighted by Crippen LogP contribution is -1.96. The highest BCUT2D eigenvalue weighted by Crippen LogP contribution is 2.33. The van der Waals surface area contributed by atoms with Crippen LogP contribution in [0.5, 0.6) is 5.75 Å². The fourth-order valence-corrected chi connectivity index (χ4v) is 2.32. The molecule has 0 aliphatic rings. The SMILES string of the molecule is COc1cc(C)c2[nH]cc(-c3cc(N)n(C)n3)c2c1. The number of nitrogens with zero attached hydrogens (tertiary/aromatic N) is 2. The van der Waals surface area contributed by atoms with Gasteiger partial charge in [0, 0.05) is 35.8 Å². The van der Waals surface area contributed by atoms with Gasteiger partial charge in [-0.25, -0.2) is 0 Å². The molecule has 98 valence electrons. The van der Waals surface area contributed by atoms with Crippen LogP contribution in [-0.2, 0) is 7.05 Å². The zero-order valence-corrected chi connectivity index (χ0v) is 11.2. The molecule has 0 aliphatic heterocycles. The van der Waals surface area contributed by atoms with E-state index in [1.54, 1.807) is 11.8 Å². The van der Waals surface area contributed by atoms with Crippen molar-refractivity contribution in [3.05, 3.63) is 30.0 Å². The van der Waals surface area contributed by atoms with Gasteiger partial charge < -0.3 is 15.5 Å². The summed E-state index contributed by atoms with van der Waals surface area (Å²) in [4.78, 5) is 3.29. The van der Waals surface area contributed by atoms with Crippen LogP contribution in [0.15, 0.2) is 24.4 Å². The zero-order valence-electron chi connectivity index (χ0n) is 11.2. The van der Waals surface area contributed by atoms with Crippen LogP contribution in [0, 0.1) is 6.92 Å². The van der Waals surface area contributed by atoms with Crippen molar-refractivity contribution in [2.75, 3.05) is 12.8 Å². The molecule has 5 heteroatoms. The van der Waals surface area contributed by atoms with Crippen molar-refractivity contribution in [3.63, 3.8) is 0 Å². The van der Waals surface area contributed by atoms with E-state index in [1.807, 2.05) is 31.4 Å². The van der Waals surface area contributed by atoms with Gasteiger partial charge in [0.25, 0.3) is 0 Å². The highest BCUT2D eigenvalue weighted by molar-refractivity contribution is 5.97. The van der Waals surface area contributed by atoms with Gasteiger partial charge in [-0.05, 0) is 24.6 Å². The molecular weight excluding hydrogens is 240 g/mol. The van der Waals surface area contributed by atoms with E-state index in [-0.39, 0.29) is 0 Å². The highest BCUT2D eigenvalue weighted by atomic mass is 16.5. The normalized spacial score (nSPS) is 11.1. The van der Waals surface area contributed by atoms with Crippen LogP contribution in [-0.4, -0.2) is 21.9 Å². The maximum absolute atomic E-state index is 5.84. The van der Waals surface area contributed by atoms with E-state index < -0.39 is 0 Å². The summed E-state index contributed by atoms with van der Waals surface area (Å²) in [6.45, 7) is 2.05. The van der Waals surface area contributed by atoms with Gasteiger partial charge in [0.2, 0.25) is 0 Å². The van der Waals surface area contributed by atoms with Crippen LogP contribution >= 0.6 is 0 Å². The fraction of sp³-hybridized carbons (Fsp3) is 0.214. The molecule has 0 bridgehead atoms. The van der Waals surface area contributed by atoms with Gasteiger partial charge in [0.05, 0.1) is 12.8 Å². The Bertz CT molecular complexity index is 735. The number of fused-ring (bicyclic) bond motifs is 1. The number of aromatic nitrogens is 3. The van der Waals surface area contributed by atoms with Gasteiger partial charge in [-0.15, -0.1) is 0 Å². The molecule has 0 saturated carbocycles. The van der Waals surface area contributed by atoms with Crippen molar-refractivity contribution in [1.82, 2.24) is 14.8 Å². The van der Waals surface area contributed by atoms with Gasteiger partial charge in [0.15, 0.2) is 0 Å². The zero-order chi connectivity index (χ0) is 13.6. The number of hydrogen-bond donors (Lipinski definition) is 2. The molecule has 3 N–H and O–H groups in total. The number of benzene rings is 1. The van der Waals surface area contributed by atoms with E-state index in [4.69, 9.17) is 10.5 Å². The third-order valence-electron chi connectivity index (χ3n) is 3.39. The standard InChI is InChI=1S/C14H16N4O/c1-8-4-9(19-3)5-10-11(7-16-14(8)10)12-6-13(15)18(2)17-12/h4-7,16H,15H2,1-3H3. The second kappa shape index (κ2) is 4.05. The van der Waals surface area contributed by atoms with Crippen molar-refractivity contribution >= 4 is 16.7 Å². The number of ether oxygens (including phenoxy) is 1. The molecule has 0 aliphatic carbocycles. The number of hydrogen-bond acceptors (Lipinski definition) is 3. The summed E-state index contributed by atoms with van der Waals surface area (Å²) in [5.41, 5.74) is 9.97. The molecule has 3 rings (SSSR count). The molecule has 0 spiro atoms. The van der Waals surface area contributed by atoms with Crippen LogP contribution in [0.1, 0.15) is 5.56 Å².